The second kappa shape index (κ2) is 10.5. The van der Waals surface area contributed by atoms with Crippen LogP contribution in [0.2, 0.25) is 0 Å². The summed E-state index contributed by atoms with van der Waals surface area (Å²) in [5.41, 5.74) is 1.62. The number of benzene rings is 2. The quantitative estimate of drug-likeness (QED) is 0.204. The Morgan fingerprint density at radius 2 is 0.789 bits per heavy atom. The van der Waals surface area contributed by atoms with E-state index in [0.29, 0.717) is 22.6 Å². The summed E-state index contributed by atoms with van der Waals surface area (Å²) in [6, 6.07) is 6.76. The summed E-state index contributed by atoms with van der Waals surface area (Å²) in [6.45, 7) is 24.2. The molecule has 2 aromatic rings. The van der Waals surface area contributed by atoms with Gasteiger partial charge in [-0.25, -0.2) is 0 Å². The zero-order chi connectivity index (χ0) is 29.4. The molecule has 0 saturated carbocycles. The van der Waals surface area contributed by atoms with Crippen LogP contribution in [0.25, 0.3) is 0 Å². The van der Waals surface area contributed by atoms with E-state index >= 15 is 0 Å². The highest BCUT2D eigenvalue weighted by atomic mass is 16.6. The van der Waals surface area contributed by atoms with Crippen LogP contribution in [0.1, 0.15) is 105 Å². The lowest BCUT2D eigenvalue weighted by Gasteiger charge is -2.28. The minimum Gasteiger partial charge on any atom is -0.489 e. The van der Waals surface area contributed by atoms with Gasteiger partial charge in [-0.05, 0) is 33.8 Å². The first-order valence-corrected chi connectivity index (χ1v) is 13.0. The van der Waals surface area contributed by atoms with Gasteiger partial charge in [0.25, 0.3) is 11.4 Å². The van der Waals surface area contributed by atoms with Crippen molar-refractivity contribution >= 4 is 11.4 Å². The van der Waals surface area contributed by atoms with Gasteiger partial charge in [0.2, 0.25) is 0 Å². The number of ether oxygens (including phenoxy) is 2. The molecule has 0 unspecified atom stereocenters. The molecular formula is C30H44N2O6. The molecule has 0 atom stereocenters. The van der Waals surface area contributed by atoms with Crippen molar-refractivity contribution < 1.29 is 19.3 Å². The Bertz CT molecular complexity index is 1110. The Labute approximate surface area is 227 Å². The maximum Gasteiger partial charge on any atom is 0.276 e. The molecule has 0 N–H and O–H groups in total. The van der Waals surface area contributed by atoms with Crippen LogP contribution in [0.5, 0.6) is 11.5 Å². The van der Waals surface area contributed by atoms with Gasteiger partial charge in [-0.15, -0.1) is 0 Å². The van der Waals surface area contributed by atoms with Crippen molar-refractivity contribution in [3.05, 3.63) is 66.7 Å². The van der Waals surface area contributed by atoms with E-state index in [1.54, 1.807) is 0 Å². The molecule has 0 heterocycles. The van der Waals surface area contributed by atoms with E-state index in [1.165, 1.54) is 12.1 Å². The molecule has 0 spiro atoms. The van der Waals surface area contributed by atoms with Crippen LogP contribution in [0.15, 0.2) is 24.3 Å². The zero-order valence-corrected chi connectivity index (χ0v) is 25.1. The molecule has 0 aliphatic carbocycles. The zero-order valence-electron chi connectivity index (χ0n) is 25.1. The van der Waals surface area contributed by atoms with E-state index in [4.69, 9.17) is 9.47 Å². The van der Waals surface area contributed by atoms with Crippen LogP contribution in [0.4, 0.5) is 11.4 Å². The topological polar surface area (TPSA) is 105 Å². The SMILES string of the molecule is CC(C)(C)c1cc(C(C)(C)C)c([N+](=O)[O-])cc1OCCOc1cc([N+](=O)[O-])c(C(C)(C)C)cc1C(C)(C)C. The molecule has 8 nitrogen and oxygen atoms in total. The smallest absolute Gasteiger partial charge is 0.276 e. The second-order valence-corrected chi connectivity index (χ2v) is 13.9. The molecule has 0 radical (unpaired) electrons. The molecule has 0 fully saturated rings. The van der Waals surface area contributed by atoms with Gasteiger partial charge in [-0.1, -0.05) is 83.1 Å². The molecule has 0 saturated heterocycles. The van der Waals surface area contributed by atoms with Crippen molar-refractivity contribution in [2.24, 2.45) is 0 Å². The number of rotatable bonds is 7. The number of hydrogen-bond acceptors (Lipinski definition) is 6. The fraction of sp³-hybridized carbons (Fsp3) is 0.600. The summed E-state index contributed by atoms with van der Waals surface area (Å²) in [5.74, 6) is 0.872. The summed E-state index contributed by atoms with van der Waals surface area (Å²) in [6.07, 6.45) is 0. The Balaban J connectivity index is 2.43. The fourth-order valence-corrected chi connectivity index (χ4v) is 4.36. The Kier molecular flexibility index (Phi) is 8.62. The molecule has 0 bridgehead atoms. The van der Waals surface area contributed by atoms with E-state index in [2.05, 4.69) is 0 Å². The first-order valence-electron chi connectivity index (χ1n) is 13.0. The van der Waals surface area contributed by atoms with Gasteiger partial charge in [0.15, 0.2) is 0 Å². The standard InChI is InChI=1S/C30H44N2O6/c1-27(2,3)19-15-21(29(7,8)9)25(17-23(19)31(33)34)37-13-14-38-26-18-24(32(35)36)20(28(4,5)6)16-22(26)30(10,11)12/h15-18H,13-14H2,1-12H3. The maximum absolute atomic E-state index is 11.9. The van der Waals surface area contributed by atoms with Gasteiger partial charge < -0.3 is 9.47 Å². The Morgan fingerprint density at radius 1 is 0.526 bits per heavy atom. The molecule has 2 aromatic carbocycles. The molecule has 210 valence electrons. The van der Waals surface area contributed by atoms with Gasteiger partial charge in [0, 0.05) is 22.3 Å². The number of nitro benzene ring substituents is 2. The van der Waals surface area contributed by atoms with E-state index in [0.717, 1.165) is 11.1 Å². The Morgan fingerprint density at radius 3 is 1.00 bits per heavy atom. The van der Waals surface area contributed by atoms with E-state index in [-0.39, 0.29) is 45.3 Å². The summed E-state index contributed by atoms with van der Waals surface area (Å²) >= 11 is 0. The maximum atomic E-state index is 11.9. The lowest BCUT2D eigenvalue weighted by atomic mass is 9.79. The van der Waals surface area contributed by atoms with Gasteiger partial charge in [-0.3, -0.25) is 20.2 Å². The monoisotopic (exact) mass is 528 g/mol. The third-order valence-corrected chi connectivity index (χ3v) is 6.42. The normalized spacial score (nSPS) is 12.8. The molecular weight excluding hydrogens is 484 g/mol. The summed E-state index contributed by atoms with van der Waals surface area (Å²) in [7, 11) is 0. The molecule has 0 aliphatic heterocycles. The van der Waals surface area contributed by atoms with Crippen LogP contribution in [-0.2, 0) is 21.7 Å². The van der Waals surface area contributed by atoms with Crippen LogP contribution in [0.3, 0.4) is 0 Å². The predicted molar refractivity (Wildman–Crippen MR) is 152 cm³/mol. The van der Waals surface area contributed by atoms with Crippen molar-refractivity contribution in [2.75, 3.05) is 13.2 Å². The van der Waals surface area contributed by atoms with Crippen molar-refractivity contribution in [2.45, 2.75) is 105 Å². The lowest BCUT2D eigenvalue weighted by Crippen LogP contribution is -2.21. The minimum atomic E-state index is -0.415. The van der Waals surface area contributed by atoms with Gasteiger partial charge in [0.05, 0.1) is 22.0 Å². The number of hydrogen-bond donors (Lipinski definition) is 0. The van der Waals surface area contributed by atoms with Crippen LogP contribution < -0.4 is 9.47 Å². The lowest BCUT2D eigenvalue weighted by molar-refractivity contribution is -0.386. The van der Waals surface area contributed by atoms with Crippen LogP contribution >= 0.6 is 0 Å². The van der Waals surface area contributed by atoms with Crippen molar-refractivity contribution in [3.8, 4) is 11.5 Å². The first kappa shape index (κ1) is 31.1. The highest BCUT2D eigenvalue weighted by Crippen LogP contribution is 2.42. The largest absolute Gasteiger partial charge is 0.489 e. The highest BCUT2D eigenvalue weighted by Gasteiger charge is 2.32. The first-order chi connectivity index (χ1) is 17.0. The molecule has 0 amide bonds. The summed E-state index contributed by atoms with van der Waals surface area (Å²) < 4.78 is 12.1. The summed E-state index contributed by atoms with van der Waals surface area (Å²) in [5, 5.41) is 23.8. The van der Waals surface area contributed by atoms with Crippen LogP contribution in [-0.4, -0.2) is 23.1 Å². The van der Waals surface area contributed by atoms with Crippen LogP contribution in [0, 0.1) is 20.2 Å². The minimum absolute atomic E-state index is 0.0184. The molecule has 0 aliphatic rings. The van der Waals surface area contributed by atoms with E-state index < -0.39 is 10.8 Å². The molecule has 0 aromatic heterocycles. The second-order valence-electron chi connectivity index (χ2n) is 13.9. The third-order valence-electron chi connectivity index (χ3n) is 6.42. The van der Waals surface area contributed by atoms with Gasteiger partial charge >= 0.3 is 0 Å². The molecule has 38 heavy (non-hydrogen) atoms. The number of nitrogens with zero attached hydrogens (tertiary/aromatic N) is 2. The van der Waals surface area contributed by atoms with E-state index in [9.17, 15) is 20.2 Å². The average molecular weight is 529 g/mol. The average Bonchev–Trinajstić information content (AvgIpc) is 2.72. The fourth-order valence-electron chi connectivity index (χ4n) is 4.36. The number of nitro groups is 2. The van der Waals surface area contributed by atoms with Crippen molar-refractivity contribution in [1.82, 2.24) is 0 Å². The van der Waals surface area contributed by atoms with Crippen molar-refractivity contribution in [1.29, 1.82) is 0 Å². The summed E-state index contributed by atoms with van der Waals surface area (Å²) in [4.78, 5) is 23.0. The van der Waals surface area contributed by atoms with Gasteiger partial charge in [-0.2, -0.15) is 0 Å². The van der Waals surface area contributed by atoms with E-state index in [1.807, 2.05) is 95.2 Å². The Hall–Kier alpha value is -3.16. The third kappa shape index (κ3) is 7.23. The highest BCUT2D eigenvalue weighted by molar-refractivity contribution is 5.56. The van der Waals surface area contributed by atoms with Crippen molar-refractivity contribution in [3.63, 3.8) is 0 Å². The predicted octanol–water partition coefficient (Wildman–Crippen LogP) is 8.15. The molecule has 8 heteroatoms. The van der Waals surface area contributed by atoms with Gasteiger partial charge in [0.1, 0.15) is 24.7 Å². The molecule has 2 rings (SSSR count).